The monoisotopic (exact) mass is 723 g/mol. The van der Waals surface area contributed by atoms with Crippen LogP contribution in [0.3, 0.4) is 0 Å². The average Bonchev–Trinajstić information content (AvgIpc) is 3.56. The predicted octanol–water partition coefficient (Wildman–Crippen LogP) is 15.3. The Bertz CT molecular complexity index is 3310. The topological polar surface area (TPSA) is 3.24 Å². The Hall–Kier alpha value is -6.96. The molecule has 10 rings (SSSR count). The summed E-state index contributed by atoms with van der Waals surface area (Å²) < 4.78 is 76.4. The second-order valence-corrected chi connectivity index (χ2v) is 14.7. The summed E-state index contributed by atoms with van der Waals surface area (Å²) in [6, 6.07) is 50.1. The highest BCUT2D eigenvalue weighted by Crippen LogP contribution is 2.52. The molecule has 0 spiro atoms. The van der Waals surface area contributed by atoms with Crippen molar-refractivity contribution in [2.45, 2.75) is 19.3 Å². The lowest BCUT2D eigenvalue weighted by molar-refractivity contribution is 0.662. The summed E-state index contributed by atoms with van der Waals surface area (Å²) in [5.41, 5.74) is 8.95. The van der Waals surface area contributed by atoms with E-state index >= 15 is 0 Å². The Balaban J connectivity index is 1.20. The maximum absolute atomic E-state index is 9.82. The van der Waals surface area contributed by atoms with Crippen LogP contribution in [0, 0.1) is 0 Å². The minimum atomic E-state index is -0.499. The average molecular weight is 724 g/mol. The summed E-state index contributed by atoms with van der Waals surface area (Å²) in [6.45, 7) is 4.23. The zero-order chi connectivity index (χ0) is 44.6. The molecule has 0 amide bonds. The molecule has 9 aromatic rings. The number of anilines is 3. The smallest absolute Gasteiger partial charge is 0.0651 e. The van der Waals surface area contributed by atoms with Gasteiger partial charge in [-0.1, -0.05) is 178 Å². The second-order valence-electron chi connectivity index (χ2n) is 14.7. The summed E-state index contributed by atoms with van der Waals surface area (Å²) in [5, 5.41) is 1.84. The molecule has 56 heavy (non-hydrogen) atoms. The van der Waals surface area contributed by atoms with E-state index in [0.717, 1.165) is 55.3 Å². The minimum absolute atomic E-state index is 0.120. The molecule has 1 aliphatic carbocycles. The quantitative estimate of drug-likeness (QED) is 0.158. The van der Waals surface area contributed by atoms with Gasteiger partial charge in [-0.15, -0.1) is 0 Å². The molecule has 0 saturated carbocycles. The van der Waals surface area contributed by atoms with Gasteiger partial charge in [-0.05, 0) is 126 Å². The summed E-state index contributed by atoms with van der Waals surface area (Å²) in [6.07, 6.45) is 0. The second kappa shape index (κ2) is 13.7. The van der Waals surface area contributed by atoms with Gasteiger partial charge in [0.15, 0.2) is 0 Å². The van der Waals surface area contributed by atoms with E-state index in [1.165, 1.54) is 4.90 Å². The maximum atomic E-state index is 9.82. The molecule has 0 bridgehead atoms. The van der Waals surface area contributed by atoms with E-state index < -0.39 is 17.5 Å². The lowest BCUT2D eigenvalue weighted by Crippen LogP contribution is -2.16. The van der Waals surface area contributed by atoms with Crippen molar-refractivity contribution in [3.05, 3.63) is 223 Å². The number of hydrogen-bond acceptors (Lipinski definition) is 1. The first-order valence-corrected chi connectivity index (χ1v) is 18.9. The van der Waals surface area contributed by atoms with Crippen LogP contribution in [-0.4, -0.2) is 0 Å². The zero-order valence-corrected chi connectivity index (χ0v) is 31.0. The SMILES string of the molecule is [2H]c1c([2H])c(-c2ccc3ccccc3c2)c([2H])c(N(c2ccc(-c3cccc(-c4ccccc4)c3)cc2)c2c([2H])c([2H])c(-c3cccc4c3C(C)(C)c3ccccc3-4)c([2H])c2[2H])c1[2H]. The van der Waals surface area contributed by atoms with Crippen molar-refractivity contribution in [3.8, 4) is 55.6 Å². The van der Waals surface area contributed by atoms with Gasteiger partial charge in [0.25, 0.3) is 0 Å². The Kier molecular flexibility index (Phi) is 6.36. The molecular formula is C55H41N. The normalized spacial score (nSPS) is 14.6. The lowest BCUT2D eigenvalue weighted by Gasteiger charge is -2.27. The fourth-order valence-electron chi connectivity index (χ4n) is 8.23. The highest BCUT2D eigenvalue weighted by Gasteiger charge is 2.37. The number of benzene rings is 9. The van der Waals surface area contributed by atoms with E-state index in [0.29, 0.717) is 16.8 Å². The van der Waals surface area contributed by atoms with Crippen LogP contribution in [0.25, 0.3) is 66.4 Å². The first kappa shape index (κ1) is 26.0. The predicted molar refractivity (Wildman–Crippen MR) is 238 cm³/mol. The Morgan fingerprint density at radius 2 is 1.00 bits per heavy atom. The fourth-order valence-corrected chi connectivity index (χ4v) is 8.23. The molecular weight excluding hydrogens is 675 g/mol. The van der Waals surface area contributed by atoms with Gasteiger partial charge in [-0.3, -0.25) is 0 Å². The molecule has 0 unspecified atom stereocenters. The molecule has 9 aromatic carbocycles. The molecule has 1 nitrogen and oxygen atoms in total. The van der Waals surface area contributed by atoms with Crippen molar-refractivity contribution >= 4 is 27.8 Å². The molecule has 0 heterocycles. The van der Waals surface area contributed by atoms with Crippen LogP contribution >= 0.6 is 0 Å². The Morgan fingerprint density at radius 3 is 1.80 bits per heavy atom. The molecule has 0 aromatic heterocycles. The third kappa shape index (κ3) is 5.90. The summed E-state index contributed by atoms with van der Waals surface area (Å²) in [5.74, 6) is 0. The lowest BCUT2D eigenvalue weighted by atomic mass is 9.79. The van der Waals surface area contributed by atoms with Crippen LogP contribution in [0.15, 0.2) is 212 Å². The van der Waals surface area contributed by atoms with Gasteiger partial charge >= 0.3 is 0 Å². The zero-order valence-electron chi connectivity index (χ0n) is 39.0. The molecule has 266 valence electrons. The van der Waals surface area contributed by atoms with Gasteiger partial charge in [0.1, 0.15) is 0 Å². The highest BCUT2D eigenvalue weighted by atomic mass is 15.1. The molecule has 0 fully saturated rings. The summed E-state index contributed by atoms with van der Waals surface area (Å²) in [7, 11) is 0. The molecule has 1 aliphatic rings. The summed E-state index contributed by atoms with van der Waals surface area (Å²) in [4.78, 5) is 1.41. The van der Waals surface area contributed by atoms with E-state index in [1.807, 2.05) is 109 Å². The molecule has 0 aliphatic heterocycles. The number of nitrogens with zero attached hydrogens (tertiary/aromatic N) is 1. The van der Waals surface area contributed by atoms with Crippen molar-refractivity contribution in [2.24, 2.45) is 0 Å². The summed E-state index contributed by atoms with van der Waals surface area (Å²) >= 11 is 0. The first-order chi connectivity index (χ1) is 30.9. The first-order valence-electron chi connectivity index (χ1n) is 22.9. The van der Waals surface area contributed by atoms with Crippen molar-refractivity contribution in [3.63, 3.8) is 0 Å². The van der Waals surface area contributed by atoms with Gasteiger partial charge in [0, 0.05) is 22.5 Å². The van der Waals surface area contributed by atoms with E-state index in [4.69, 9.17) is 2.74 Å². The molecule has 0 atom stereocenters. The van der Waals surface area contributed by atoms with Gasteiger partial charge in [0.2, 0.25) is 0 Å². The molecule has 0 saturated heterocycles. The third-order valence-corrected chi connectivity index (χ3v) is 11.0. The molecule has 0 N–H and O–H groups in total. The van der Waals surface area contributed by atoms with Crippen LogP contribution in [-0.2, 0) is 5.41 Å². The van der Waals surface area contributed by atoms with E-state index in [9.17, 15) is 8.22 Å². The largest absolute Gasteiger partial charge is 0.310 e. The van der Waals surface area contributed by atoms with Crippen LogP contribution in [0.4, 0.5) is 17.1 Å². The van der Waals surface area contributed by atoms with Crippen LogP contribution in [0.2, 0.25) is 0 Å². The molecule has 0 radical (unpaired) electrons. The van der Waals surface area contributed by atoms with E-state index in [2.05, 4.69) is 50.2 Å². The number of fused-ring (bicyclic) bond motifs is 4. The molecule has 1 heteroatoms. The minimum Gasteiger partial charge on any atom is -0.310 e. The van der Waals surface area contributed by atoms with Gasteiger partial charge in [0.05, 0.1) is 11.0 Å². The Labute approximate surface area is 341 Å². The number of rotatable bonds is 7. The van der Waals surface area contributed by atoms with Crippen LogP contribution in [0.5, 0.6) is 0 Å². The van der Waals surface area contributed by atoms with Gasteiger partial charge in [-0.25, -0.2) is 0 Å². The number of hydrogen-bond donors (Lipinski definition) is 0. The van der Waals surface area contributed by atoms with E-state index in [1.54, 1.807) is 18.2 Å². The van der Waals surface area contributed by atoms with Crippen LogP contribution in [0.1, 0.15) is 35.9 Å². The van der Waals surface area contributed by atoms with Gasteiger partial charge < -0.3 is 4.90 Å². The van der Waals surface area contributed by atoms with Crippen molar-refractivity contribution in [1.29, 1.82) is 0 Å². The van der Waals surface area contributed by atoms with Gasteiger partial charge in [-0.2, -0.15) is 0 Å². The van der Waals surface area contributed by atoms with E-state index in [-0.39, 0.29) is 58.8 Å². The standard InChI is InChI=1S/C55H41N/c1-55(2)53-24-9-8-21-51(53)52-23-12-22-50(54(52)55)41-29-33-48(34-30-41)56(49-20-11-19-45(37-49)46-26-25-39-15-6-7-16-42(39)36-46)47-31-27-40(28-32-47)44-18-10-17-43(35-44)38-13-4-3-5-14-38/h3-37H,1-2H3/i11D,19D,20D,29D,30D,33D,34D,37D. The van der Waals surface area contributed by atoms with Crippen molar-refractivity contribution in [1.82, 2.24) is 0 Å². The van der Waals surface area contributed by atoms with Crippen LogP contribution < -0.4 is 4.90 Å². The highest BCUT2D eigenvalue weighted by molar-refractivity contribution is 5.91. The van der Waals surface area contributed by atoms with Crippen molar-refractivity contribution in [2.75, 3.05) is 4.90 Å². The maximum Gasteiger partial charge on any atom is 0.0651 e. The third-order valence-electron chi connectivity index (χ3n) is 11.0. The van der Waals surface area contributed by atoms with Crippen molar-refractivity contribution < 1.29 is 11.0 Å². The fraction of sp³-hybridized carbons (Fsp3) is 0.0545. The Morgan fingerprint density at radius 1 is 0.393 bits per heavy atom.